The molecule has 0 bridgehead atoms. The van der Waals surface area contributed by atoms with Crippen LogP contribution in [0.1, 0.15) is 19.8 Å². The predicted molar refractivity (Wildman–Crippen MR) is 73.9 cm³/mol. The first-order valence-corrected chi connectivity index (χ1v) is 7.52. The van der Waals surface area contributed by atoms with E-state index >= 15 is 0 Å². The second kappa shape index (κ2) is 6.74. The first kappa shape index (κ1) is 15.7. The minimum absolute atomic E-state index is 0.0384. The highest BCUT2D eigenvalue weighted by atomic mass is 35.5. The Labute approximate surface area is 117 Å². The van der Waals surface area contributed by atoms with Gasteiger partial charge in [-0.1, -0.05) is 42.2 Å². The average Bonchev–Trinajstić information content (AvgIpc) is 2.37. The number of benzene rings is 1. The number of nitrogens with one attached hydrogen (secondary N) is 1. The van der Waals surface area contributed by atoms with Gasteiger partial charge in [-0.25, -0.2) is 13.1 Å². The van der Waals surface area contributed by atoms with Crippen molar-refractivity contribution in [1.29, 1.82) is 0 Å². The number of rotatable bonds is 6. The van der Waals surface area contributed by atoms with Gasteiger partial charge >= 0.3 is 0 Å². The monoisotopic (exact) mass is 305 g/mol. The van der Waals surface area contributed by atoms with Gasteiger partial charge in [0, 0.05) is 0 Å². The Morgan fingerprint density at radius 3 is 2.68 bits per heavy atom. The number of oxime groups is 1. The van der Waals surface area contributed by atoms with Crippen molar-refractivity contribution < 1.29 is 13.6 Å². The molecule has 1 aromatic rings. The second-order valence-corrected chi connectivity index (χ2v) is 6.01. The normalized spacial score (nSPS) is 14.3. The van der Waals surface area contributed by atoms with Gasteiger partial charge in [-0.05, 0) is 18.6 Å². The third-order valence-electron chi connectivity index (χ3n) is 2.47. The highest BCUT2D eigenvalue weighted by Gasteiger charge is 2.24. The molecule has 6 nitrogen and oxygen atoms in total. The van der Waals surface area contributed by atoms with Gasteiger partial charge in [-0.3, -0.25) is 0 Å². The number of sulfonamides is 1. The highest BCUT2D eigenvalue weighted by Crippen LogP contribution is 2.20. The van der Waals surface area contributed by atoms with Crippen molar-refractivity contribution in [1.82, 2.24) is 4.72 Å². The first-order chi connectivity index (χ1) is 8.92. The summed E-state index contributed by atoms with van der Waals surface area (Å²) in [6.07, 6.45) is 1.09. The molecule has 0 saturated heterocycles. The van der Waals surface area contributed by atoms with Crippen molar-refractivity contribution >= 4 is 27.5 Å². The molecule has 19 heavy (non-hydrogen) atoms. The van der Waals surface area contributed by atoms with Gasteiger partial charge < -0.3 is 10.9 Å². The van der Waals surface area contributed by atoms with Crippen LogP contribution in [0.3, 0.4) is 0 Å². The van der Waals surface area contributed by atoms with Crippen molar-refractivity contribution in [3.63, 3.8) is 0 Å². The Morgan fingerprint density at radius 2 is 2.16 bits per heavy atom. The summed E-state index contributed by atoms with van der Waals surface area (Å²) in [5.74, 6) is -0.183. The largest absolute Gasteiger partial charge is 0.409 e. The van der Waals surface area contributed by atoms with Gasteiger partial charge in [0.05, 0.1) is 11.1 Å². The van der Waals surface area contributed by atoms with Crippen molar-refractivity contribution in [2.24, 2.45) is 10.9 Å². The number of halogens is 1. The van der Waals surface area contributed by atoms with E-state index in [1.165, 1.54) is 12.1 Å². The molecule has 1 rings (SSSR count). The fourth-order valence-corrected chi connectivity index (χ4v) is 3.30. The van der Waals surface area contributed by atoms with Gasteiger partial charge in [-0.2, -0.15) is 0 Å². The van der Waals surface area contributed by atoms with E-state index in [0.29, 0.717) is 12.8 Å². The molecule has 1 atom stereocenters. The van der Waals surface area contributed by atoms with Crippen LogP contribution in [0.5, 0.6) is 0 Å². The van der Waals surface area contributed by atoms with Crippen LogP contribution in [0.15, 0.2) is 34.3 Å². The molecule has 0 aliphatic heterocycles. The summed E-state index contributed by atoms with van der Waals surface area (Å²) in [5, 5.41) is 11.6. The van der Waals surface area contributed by atoms with E-state index in [9.17, 15) is 8.42 Å². The summed E-state index contributed by atoms with van der Waals surface area (Å²) in [7, 11) is -3.82. The molecule has 1 unspecified atom stereocenters. The summed E-state index contributed by atoms with van der Waals surface area (Å²) in [5.41, 5.74) is 5.47. The lowest BCUT2D eigenvalue weighted by Gasteiger charge is -2.17. The van der Waals surface area contributed by atoms with Gasteiger partial charge in [0.15, 0.2) is 5.84 Å². The van der Waals surface area contributed by atoms with Gasteiger partial charge in [0.25, 0.3) is 0 Å². The SMILES string of the molecule is CCCC(NS(=O)(=O)c1ccccc1Cl)/C(N)=N/O. The minimum atomic E-state index is -3.82. The smallest absolute Gasteiger partial charge is 0.242 e. The Balaban J connectivity index is 3.05. The summed E-state index contributed by atoms with van der Waals surface area (Å²) in [6, 6.07) is 5.30. The molecule has 4 N–H and O–H groups in total. The van der Waals surface area contributed by atoms with E-state index < -0.39 is 16.1 Å². The number of hydrogen-bond donors (Lipinski definition) is 3. The standard InChI is InChI=1S/C11H16ClN3O3S/c1-2-5-9(11(13)14-16)15-19(17,18)10-7-4-3-6-8(10)12/h3-4,6-7,9,15-16H,2,5H2,1H3,(H2,13,14). The maximum absolute atomic E-state index is 12.2. The van der Waals surface area contributed by atoms with Crippen LogP contribution in [-0.4, -0.2) is 25.5 Å². The van der Waals surface area contributed by atoms with Crippen LogP contribution in [0.25, 0.3) is 0 Å². The van der Waals surface area contributed by atoms with Gasteiger partial charge in [0.2, 0.25) is 10.0 Å². The summed E-state index contributed by atoms with van der Waals surface area (Å²) in [4.78, 5) is -0.0384. The third kappa shape index (κ3) is 4.09. The number of amidine groups is 1. The van der Waals surface area contributed by atoms with E-state index in [1.54, 1.807) is 12.1 Å². The zero-order chi connectivity index (χ0) is 14.5. The number of nitrogens with two attached hydrogens (primary N) is 1. The molecule has 8 heteroatoms. The molecule has 0 aromatic heterocycles. The van der Waals surface area contributed by atoms with Gasteiger partial charge in [0.1, 0.15) is 4.90 Å². The maximum atomic E-state index is 12.2. The molecule has 106 valence electrons. The topological polar surface area (TPSA) is 105 Å². The Bertz CT molecular complexity index is 560. The molecular weight excluding hydrogens is 290 g/mol. The van der Waals surface area contributed by atoms with E-state index in [1.807, 2.05) is 6.92 Å². The van der Waals surface area contributed by atoms with E-state index in [-0.39, 0.29) is 15.8 Å². The number of nitrogens with zero attached hydrogens (tertiary/aromatic N) is 1. The zero-order valence-electron chi connectivity index (χ0n) is 10.4. The number of hydrogen-bond acceptors (Lipinski definition) is 4. The molecule has 0 heterocycles. The Kier molecular flexibility index (Phi) is 5.59. The predicted octanol–water partition coefficient (Wildman–Crippen LogP) is 1.53. The third-order valence-corrected chi connectivity index (χ3v) is 4.44. The molecule has 0 aliphatic carbocycles. The fraction of sp³-hybridized carbons (Fsp3) is 0.364. The van der Waals surface area contributed by atoms with Crippen LogP contribution < -0.4 is 10.5 Å². The van der Waals surface area contributed by atoms with Crippen LogP contribution in [-0.2, 0) is 10.0 Å². The summed E-state index contributed by atoms with van der Waals surface area (Å²) < 4.78 is 26.7. The quantitative estimate of drug-likeness (QED) is 0.321. The molecule has 1 aromatic carbocycles. The van der Waals surface area contributed by atoms with Crippen LogP contribution in [0.4, 0.5) is 0 Å². The van der Waals surface area contributed by atoms with Crippen LogP contribution in [0.2, 0.25) is 5.02 Å². The lowest BCUT2D eigenvalue weighted by atomic mass is 10.2. The fourth-order valence-electron chi connectivity index (χ4n) is 1.54. The maximum Gasteiger partial charge on any atom is 0.242 e. The van der Waals surface area contributed by atoms with E-state index in [2.05, 4.69) is 9.88 Å². The van der Waals surface area contributed by atoms with Crippen LogP contribution >= 0.6 is 11.6 Å². The zero-order valence-corrected chi connectivity index (χ0v) is 11.9. The summed E-state index contributed by atoms with van der Waals surface area (Å²) in [6.45, 7) is 1.86. The highest BCUT2D eigenvalue weighted by molar-refractivity contribution is 7.89. The molecule has 0 radical (unpaired) electrons. The van der Waals surface area contributed by atoms with E-state index in [4.69, 9.17) is 22.5 Å². The molecule has 0 aliphatic rings. The Hall–Kier alpha value is -1.31. The van der Waals surface area contributed by atoms with Crippen molar-refractivity contribution in [3.8, 4) is 0 Å². The van der Waals surface area contributed by atoms with E-state index in [0.717, 1.165) is 0 Å². The molecule has 0 saturated carbocycles. The van der Waals surface area contributed by atoms with Crippen molar-refractivity contribution in [3.05, 3.63) is 29.3 Å². The lowest BCUT2D eigenvalue weighted by Crippen LogP contribution is -2.44. The van der Waals surface area contributed by atoms with Crippen molar-refractivity contribution in [2.75, 3.05) is 0 Å². The first-order valence-electron chi connectivity index (χ1n) is 5.66. The summed E-state index contributed by atoms with van der Waals surface area (Å²) >= 11 is 5.85. The lowest BCUT2D eigenvalue weighted by molar-refractivity contribution is 0.315. The average molecular weight is 306 g/mol. The molecule has 0 fully saturated rings. The van der Waals surface area contributed by atoms with Gasteiger partial charge in [-0.15, -0.1) is 0 Å². The second-order valence-electron chi connectivity index (χ2n) is 3.92. The Morgan fingerprint density at radius 1 is 1.53 bits per heavy atom. The van der Waals surface area contributed by atoms with Crippen LogP contribution in [0, 0.1) is 0 Å². The molecular formula is C11H16ClN3O3S. The van der Waals surface area contributed by atoms with Crippen molar-refractivity contribution in [2.45, 2.75) is 30.7 Å². The molecule has 0 spiro atoms. The minimum Gasteiger partial charge on any atom is -0.409 e. The molecule has 0 amide bonds.